The second-order valence-electron chi connectivity index (χ2n) is 5.38. The van der Waals surface area contributed by atoms with E-state index >= 15 is 0 Å². The lowest BCUT2D eigenvalue weighted by Gasteiger charge is -2.18. The molecule has 0 saturated heterocycles. The van der Waals surface area contributed by atoms with Crippen molar-refractivity contribution < 1.29 is 9.53 Å². The number of nitrogens with one attached hydrogen (secondary N) is 2. The van der Waals surface area contributed by atoms with E-state index in [2.05, 4.69) is 15.6 Å². The van der Waals surface area contributed by atoms with Gasteiger partial charge in [0.25, 0.3) is 5.91 Å². The van der Waals surface area contributed by atoms with Crippen LogP contribution in [0.25, 0.3) is 0 Å². The van der Waals surface area contributed by atoms with Crippen LogP contribution >= 0.6 is 0 Å². The van der Waals surface area contributed by atoms with Crippen LogP contribution in [-0.2, 0) is 0 Å². The van der Waals surface area contributed by atoms with Crippen molar-refractivity contribution in [2.24, 2.45) is 0 Å². The van der Waals surface area contributed by atoms with Crippen molar-refractivity contribution in [1.29, 1.82) is 0 Å². The monoisotopic (exact) mass is 298 g/mol. The molecule has 3 rings (SSSR count). The Morgan fingerprint density at radius 3 is 2.91 bits per heavy atom. The lowest BCUT2D eigenvalue weighted by atomic mass is 10.2. The van der Waals surface area contributed by atoms with Crippen LogP contribution in [0.3, 0.4) is 0 Å². The molecule has 1 aromatic carbocycles. The number of aromatic nitrogens is 1. The largest absolute Gasteiger partial charge is 0.455 e. The van der Waals surface area contributed by atoms with Crippen molar-refractivity contribution in [1.82, 2.24) is 9.88 Å². The fraction of sp³-hybridized carbons (Fsp3) is 0.250. The number of nitrogens with zero attached hydrogens (tertiary/aromatic N) is 2. The van der Waals surface area contributed by atoms with Crippen LogP contribution in [0, 0.1) is 6.92 Å². The highest BCUT2D eigenvalue weighted by atomic mass is 16.5. The van der Waals surface area contributed by atoms with E-state index in [1.165, 1.54) is 0 Å². The first kappa shape index (κ1) is 14.3. The smallest absolute Gasteiger partial charge is 0.257 e. The van der Waals surface area contributed by atoms with Gasteiger partial charge in [-0.15, -0.1) is 0 Å². The van der Waals surface area contributed by atoms with E-state index in [1.807, 2.05) is 44.1 Å². The molecule has 6 nitrogen and oxygen atoms in total. The fourth-order valence-corrected chi connectivity index (χ4v) is 2.26. The zero-order chi connectivity index (χ0) is 15.7. The number of pyridine rings is 1. The molecule has 2 N–H and O–H groups in total. The number of aryl methyl sites for hydroxylation is 1. The number of carbonyl (C=O) groups excluding carboxylic acids is 1. The number of hydrogen-bond donors (Lipinski definition) is 2. The lowest BCUT2D eigenvalue weighted by Crippen LogP contribution is -2.36. The predicted octanol–water partition coefficient (Wildman–Crippen LogP) is 2.29. The van der Waals surface area contributed by atoms with Crippen molar-refractivity contribution >= 4 is 17.3 Å². The number of carbonyl (C=O) groups is 1. The highest BCUT2D eigenvalue weighted by Crippen LogP contribution is 2.34. The van der Waals surface area contributed by atoms with Crippen LogP contribution in [0.15, 0.2) is 36.5 Å². The van der Waals surface area contributed by atoms with Crippen LogP contribution in [0.5, 0.6) is 5.75 Å². The van der Waals surface area contributed by atoms with Gasteiger partial charge in [0.15, 0.2) is 0 Å². The third-order valence-electron chi connectivity index (χ3n) is 3.48. The molecule has 0 fully saturated rings. The second kappa shape index (κ2) is 5.65. The summed E-state index contributed by atoms with van der Waals surface area (Å²) >= 11 is 0. The van der Waals surface area contributed by atoms with E-state index in [1.54, 1.807) is 18.3 Å². The number of amides is 1. The van der Waals surface area contributed by atoms with Gasteiger partial charge in [-0.2, -0.15) is 0 Å². The zero-order valence-corrected chi connectivity index (χ0v) is 12.8. The van der Waals surface area contributed by atoms with E-state index in [-0.39, 0.29) is 12.3 Å². The fourth-order valence-electron chi connectivity index (χ4n) is 2.26. The number of fused-ring (bicyclic) bond motifs is 1. The molecular weight excluding hydrogens is 280 g/mol. The van der Waals surface area contributed by atoms with Crippen LogP contribution < -0.4 is 15.4 Å². The van der Waals surface area contributed by atoms with Gasteiger partial charge in [0.05, 0.1) is 11.3 Å². The molecule has 22 heavy (non-hydrogen) atoms. The normalized spacial score (nSPS) is 15.9. The summed E-state index contributed by atoms with van der Waals surface area (Å²) in [6.07, 6.45) is 1.48. The zero-order valence-electron chi connectivity index (χ0n) is 12.8. The minimum Gasteiger partial charge on any atom is -0.455 e. The number of ether oxygens (including phenoxy) is 1. The molecule has 2 aromatic rings. The molecule has 0 saturated carbocycles. The summed E-state index contributed by atoms with van der Waals surface area (Å²) < 4.78 is 5.72. The van der Waals surface area contributed by atoms with E-state index in [0.717, 1.165) is 11.4 Å². The number of hydrogen-bond acceptors (Lipinski definition) is 5. The Balaban J connectivity index is 1.77. The van der Waals surface area contributed by atoms with Crippen molar-refractivity contribution in [3.63, 3.8) is 0 Å². The van der Waals surface area contributed by atoms with Crippen LogP contribution in [0.4, 0.5) is 11.4 Å². The average molecular weight is 298 g/mol. The molecule has 1 aliphatic rings. The molecule has 114 valence electrons. The summed E-state index contributed by atoms with van der Waals surface area (Å²) in [5.74, 6) is 0.600. The molecule has 0 spiro atoms. The van der Waals surface area contributed by atoms with Crippen molar-refractivity contribution in [2.75, 3.05) is 24.7 Å². The van der Waals surface area contributed by atoms with Gasteiger partial charge in [-0.3, -0.25) is 14.7 Å². The minimum atomic E-state index is -0.193. The standard InChI is InChI=1S/C16H18N4O2/c1-10-12(5-4-8-17-10)15(21)18-11-6-7-14-13(9-11)19-16(22-14)20(2)3/h4-9,16,19H,1-3H3,(H,18,21). The number of benzene rings is 1. The summed E-state index contributed by atoms with van der Waals surface area (Å²) in [4.78, 5) is 18.4. The molecule has 0 bridgehead atoms. The van der Waals surface area contributed by atoms with Gasteiger partial charge >= 0.3 is 0 Å². The van der Waals surface area contributed by atoms with Gasteiger partial charge in [0.1, 0.15) is 5.75 Å². The Hall–Kier alpha value is -2.60. The Morgan fingerprint density at radius 1 is 1.36 bits per heavy atom. The van der Waals surface area contributed by atoms with Gasteiger partial charge in [0, 0.05) is 17.6 Å². The van der Waals surface area contributed by atoms with Crippen molar-refractivity contribution in [3.05, 3.63) is 47.8 Å². The van der Waals surface area contributed by atoms with Crippen molar-refractivity contribution in [2.45, 2.75) is 13.3 Å². The Labute approximate surface area is 129 Å². The van der Waals surface area contributed by atoms with Crippen LogP contribution in [0.2, 0.25) is 0 Å². The van der Waals surface area contributed by atoms with E-state index in [9.17, 15) is 4.79 Å². The van der Waals surface area contributed by atoms with Gasteiger partial charge in [-0.1, -0.05) is 0 Å². The van der Waals surface area contributed by atoms with E-state index < -0.39 is 0 Å². The van der Waals surface area contributed by atoms with Gasteiger partial charge < -0.3 is 15.4 Å². The Kier molecular flexibility index (Phi) is 3.68. The first-order valence-corrected chi connectivity index (χ1v) is 7.01. The summed E-state index contributed by atoms with van der Waals surface area (Å²) in [6.45, 7) is 1.81. The molecule has 1 amide bonds. The van der Waals surface area contributed by atoms with Crippen molar-refractivity contribution in [3.8, 4) is 5.75 Å². The predicted molar refractivity (Wildman–Crippen MR) is 85.1 cm³/mol. The summed E-state index contributed by atoms with van der Waals surface area (Å²) in [7, 11) is 3.86. The second-order valence-corrected chi connectivity index (χ2v) is 5.38. The third-order valence-corrected chi connectivity index (χ3v) is 3.48. The molecule has 2 heterocycles. The maximum atomic E-state index is 12.3. The molecular formula is C16H18N4O2. The minimum absolute atomic E-state index is 0.173. The van der Waals surface area contributed by atoms with Gasteiger partial charge in [-0.05, 0) is 51.4 Å². The number of rotatable bonds is 3. The Morgan fingerprint density at radius 2 is 2.18 bits per heavy atom. The molecule has 1 aromatic heterocycles. The highest BCUT2D eigenvalue weighted by molar-refractivity contribution is 6.05. The summed E-state index contributed by atoms with van der Waals surface area (Å²) in [5, 5.41) is 6.12. The first-order chi connectivity index (χ1) is 10.5. The quantitative estimate of drug-likeness (QED) is 0.910. The van der Waals surface area contributed by atoms with E-state index in [4.69, 9.17) is 4.74 Å². The van der Waals surface area contributed by atoms with Gasteiger partial charge in [-0.25, -0.2) is 0 Å². The topological polar surface area (TPSA) is 66.5 Å². The maximum Gasteiger partial charge on any atom is 0.257 e. The number of anilines is 2. The van der Waals surface area contributed by atoms with Crippen LogP contribution in [-0.4, -0.2) is 36.2 Å². The highest BCUT2D eigenvalue weighted by Gasteiger charge is 2.23. The molecule has 1 unspecified atom stereocenters. The lowest BCUT2D eigenvalue weighted by molar-refractivity contribution is 0.102. The first-order valence-electron chi connectivity index (χ1n) is 7.01. The SMILES string of the molecule is Cc1ncccc1C(=O)Nc1ccc2c(c1)NC(N(C)C)O2. The molecule has 0 aliphatic carbocycles. The molecule has 6 heteroatoms. The molecule has 1 atom stereocenters. The third kappa shape index (κ3) is 2.73. The summed E-state index contributed by atoms with van der Waals surface area (Å²) in [6, 6.07) is 9.04. The molecule has 1 aliphatic heterocycles. The summed E-state index contributed by atoms with van der Waals surface area (Å²) in [5.41, 5.74) is 2.84. The Bertz CT molecular complexity index is 715. The van der Waals surface area contributed by atoms with Gasteiger partial charge in [0.2, 0.25) is 6.35 Å². The maximum absolute atomic E-state index is 12.3. The average Bonchev–Trinajstić information content (AvgIpc) is 2.91. The van der Waals surface area contributed by atoms with Crippen LogP contribution in [0.1, 0.15) is 16.1 Å². The van der Waals surface area contributed by atoms with E-state index in [0.29, 0.717) is 16.9 Å². The molecule has 0 radical (unpaired) electrons.